The minimum absolute atomic E-state index is 0.0746. The molecule has 0 radical (unpaired) electrons. The third-order valence-electron chi connectivity index (χ3n) is 5.85. The molecule has 0 spiro atoms. The van der Waals surface area contributed by atoms with Crippen LogP contribution in [0.1, 0.15) is 27.0 Å². The molecule has 1 heterocycles. The van der Waals surface area contributed by atoms with Gasteiger partial charge in [0.1, 0.15) is 12.4 Å². The van der Waals surface area contributed by atoms with Gasteiger partial charge in [-0.25, -0.2) is 14.6 Å². The average Bonchev–Trinajstić information content (AvgIpc) is 3.19. The quantitative estimate of drug-likeness (QED) is 0.345. The van der Waals surface area contributed by atoms with Gasteiger partial charge in [0.15, 0.2) is 0 Å². The van der Waals surface area contributed by atoms with Gasteiger partial charge in [-0.1, -0.05) is 36.4 Å². The molecule has 0 atom stereocenters. The lowest BCUT2D eigenvalue weighted by atomic mass is 9.97. The Balaban J connectivity index is 1.38. The van der Waals surface area contributed by atoms with E-state index in [1.807, 2.05) is 74.4 Å². The van der Waals surface area contributed by atoms with Crippen LogP contribution in [0.4, 0.5) is 0 Å². The van der Waals surface area contributed by atoms with Crippen LogP contribution in [0.25, 0.3) is 11.1 Å². The molecule has 0 unspecified atom stereocenters. The fourth-order valence-electron chi connectivity index (χ4n) is 3.89. The van der Waals surface area contributed by atoms with Gasteiger partial charge in [0.05, 0.1) is 6.54 Å². The first kappa shape index (κ1) is 25.7. The van der Waals surface area contributed by atoms with Crippen LogP contribution in [0, 0.1) is 6.92 Å². The number of nitrogens with one attached hydrogen (secondary N) is 2. The van der Waals surface area contributed by atoms with Gasteiger partial charge in [-0.2, -0.15) is 0 Å². The molecule has 192 valence electrons. The van der Waals surface area contributed by atoms with E-state index in [0.717, 1.165) is 39.1 Å². The van der Waals surface area contributed by atoms with Crippen molar-refractivity contribution < 1.29 is 14.1 Å². The molecular weight excluding hydrogens is 472 g/mol. The summed E-state index contributed by atoms with van der Waals surface area (Å²) in [5.41, 5.74) is 4.99. The van der Waals surface area contributed by atoms with Crippen molar-refractivity contribution in [3.8, 4) is 16.9 Å². The maximum absolute atomic E-state index is 12.4. The molecule has 4 aromatic rings. The fraction of sp³-hybridized carbons (Fsp3) is 0.250. The summed E-state index contributed by atoms with van der Waals surface area (Å²) in [7, 11) is 3.94. The van der Waals surface area contributed by atoms with Gasteiger partial charge < -0.3 is 19.5 Å². The molecule has 0 fully saturated rings. The monoisotopic (exact) mass is 502 g/mol. The second-order valence-corrected chi connectivity index (χ2v) is 9.07. The molecule has 37 heavy (non-hydrogen) atoms. The predicted molar refractivity (Wildman–Crippen MR) is 141 cm³/mol. The Morgan fingerprint density at radius 2 is 1.81 bits per heavy atom. The van der Waals surface area contributed by atoms with Crippen molar-refractivity contribution in [1.29, 1.82) is 0 Å². The molecule has 2 N–H and O–H groups in total. The van der Waals surface area contributed by atoms with E-state index in [-0.39, 0.29) is 12.5 Å². The van der Waals surface area contributed by atoms with E-state index in [1.54, 1.807) is 12.1 Å². The largest absolute Gasteiger partial charge is 0.489 e. The zero-order valence-corrected chi connectivity index (χ0v) is 21.1. The third-order valence-corrected chi connectivity index (χ3v) is 5.85. The summed E-state index contributed by atoms with van der Waals surface area (Å²) in [6, 6.07) is 21.1. The molecule has 0 aliphatic carbocycles. The molecule has 0 aliphatic rings. The number of aromatic nitrogens is 2. The van der Waals surface area contributed by atoms with Gasteiger partial charge >= 0.3 is 11.4 Å². The van der Waals surface area contributed by atoms with Crippen LogP contribution in [0.3, 0.4) is 0 Å². The van der Waals surface area contributed by atoms with Crippen LogP contribution in [-0.4, -0.2) is 47.7 Å². The van der Waals surface area contributed by atoms with Crippen molar-refractivity contribution in [2.45, 2.75) is 20.1 Å². The average molecular weight is 503 g/mol. The van der Waals surface area contributed by atoms with Crippen molar-refractivity contribution in [3.63, 3.8) is 0 Å². The molecule has 4 rings (SSSR count). The lowest BCUT2D eigenvalue weighted by Crippen LogP contribution is -2.31. The summed E-state index contributed by atoms with van der Waals surface area (Å²) >= 11 is 0. The molecule has 1 amide bonds. The van der Waals surface area contributed by atoms with E-state index >= 15 is 0 Å². The summed E-state index contributed by atoms with van der Waals surface area (Å²) in [4.78, 5) is 39.2. The first-order valence-corrected chi connectivity index (χ1v) is 11.9. The highest BCUT2D eigenvalue weighted by molar-refractivity contribution is 5.95. The Morgan fingerprint density at radius 3 is 2.49 bits per heavy atom. The zero-order valence-electron chi connectivity index (χ0n) is 21.1. The molecule has 0 aliphatic heterocycles. The van der Waals surface area contributed by atoms with Gasteiger partial charge in [-0.15, -0.1) is 4.74 Å². The number of carbonyl (C=O) groups is 1. The molecular formula is C28H30N4O5. The number of rotatable bonds is 10. The molecule has 1 aromatic heterocycles. The standard InChI is InChI=1S/C28H30N4O5/c1-19-15-23(26(33)29-13-14-31(2)3)9-12-25(19)22-6-4-5-21(16-22)18-36-24-10-7-20(8-11-24)17-32-27(34)30-28(35)37-32/h4-12,15-16H,13-14,17-18H2,1-3H3,(H,29,33)(H,30,34,35). The first-order chi connectivity index (χ1) is 17.8. The Bertz CT molecular complexity index is 1480. The topological polar surface area (TPSA) is 110 Å². The van der Waals surface area contributed by atoms with E-state index in [2.05, 4.69) is 16.4 Å². The summed E-state index contributed by atoms with van der Waals surface area (Å²) in [6.45, 7) is 3.92. The number of likely N-dealkylation sites (N-methyl/N-ethyl adjacent to an activating group) is 1. The maximum atomic E-state index is 12.4. The van der Waals surface area contributed by atoms with Crippen LogP contribution in [0.2, 0.25) is 0 Å². The highest BCUT2D eigenvalue weighted by Crippen LogP contribution is 2.26. The van der Waals surface area contributed by atoms with Gasteiger partial charge in [0.2, 0.25) is 0 Å². The highest BCUT2D eigenvalue weighted by Gasteiger charge is 2.10. The van der Waals surface area contributed by atoms with Gasteiger partial charge in [0.25, 0.3) is 5.91 Å². The molecule has 0 bridgehead atoms. The smallest absolute Gasteiger partial charge is 0.440 e. The zero-order chi connectivity index (χ0) is 26.4. The minimum Gasteiger partial charge on any atom is -0.489 e. The van der Waals surface area contributed by atoms with Crippen molar-refractivity contribution in [2.24, 2.45) is 0 Å². The Hall–Kier alpha value is -4.37. The SMILES string of the molecule is Cc1cc(C(=O)NCCN(C)C)ccc1-c1cccc(COc2ccc(Cn3oc(=O)[nH]c3=O)cc2)c1. The number of H-pyrrole nitrogens is 1. The second kappa shape index (κ2) is 11.6. The second-order valence-electron chi connectivity index (χ2n) is 9.07. The minimum atomic E-state index is -0.778. The fourth-order valence-corrected chi connectivity index (χ4v) is 3.89. The van der Waals surface area contributed by atoms with Crippen LogP contribution >= 0.6 is 0 Å². The Kier molecular flexibility index (Phi) is 8.05. The van der Waals surface area contributed by atoms with Crippen molar-refractivity contribution in [3.05, 3.63) is 110 Å². The number of amides is 1. The number of ether oxygens (including phenoxy) is 1. The number of carbonyl (C=O) groups excluding carboxylic acids is 1. The molecule has 3 aromatic carbocycles. The van der Waals surface area contributed by atoms with Crippen LogP contribution in [0.5, 0.6) is 5.75 Å². The molecule has 9 nitrogen and oxygen atoms in total. The van der Waals surface area contributed by atoms with Crippen molar-refractivity contribution in [2.75, 3.05) is 27.2 Å². The summed E-state index contributed by atoms with van der Waals surface area (Å²) in [6.07, 6.45) is 0. The molecule has 9 heteroatoms. The molecule has 0 saturated carbocycles. The van der Waals surface area contributed by atoms with Crippen molar-refractivity contribution >= 4 is 5.91 Å². The van der Waals surface area contributed by atoms with E-state index < -0.39 is 11.4 Å². The summed E-state index contributed by atoms with van der Waals surface area (Å²) in [5.74, 6) is -0.174. The van der Waals surface area contributed by atoms with Crippen LogP contribution < -0.4 is 21.5 Å². The van der Waals surface area contributed by atoms with E-state index in [1.165, 1.54) is 0 Å². The number of aryl methyl sites for hydroxylation is 1. The summed E-state index contributed by atoms with van der Waals surface area (Å²) < 4.78 is 11.7. The first-order valence-electron chi connectivity index (χ1n) is 11.9. The normalized spacial score (nSPS) is 11.0. The predicted octanol–water partition coefficient (Wildman–Crippen LogP) is 3.02. The van der Waals surface area contributed by atoms with Gasteiger partial charge in [0, 0.05) is 18.7 Å². The maximum Gasteiger partial charge on any atom is 0.440 e. The van der Waals surface area contributed by atoms with E-state index in [4.69, 9.17) is 9.26 Å². The number of hydrogen-bond donors (Lipinski definition) is 2. The number of hydrogen-bond acceptors (Lipinski definition) is 6. The highest BCUT2D eigenvalue weighted by atomic mass is 16.5. The Morgan fingerprint density at radius 1 is 1.03 bits per heavy atom. The number of benzene rings is 3. The van der Waals surface area contributed by atoms with Crippen molar-refractivity contribution in [1.82, 2.24) is 19.9 Å². The van der Waals surface area contributed by atoms with Gasteiger partial charge in [-0.3, -0.25) is 4.79 Å². The van der Waals surface area contributed by atoms with E-state index in [0.29, 0.717) is 24.5 Å². The third kappa shape index (κ3) is 6.86. The van der Waals surface area contributed by atoms with Crippen LogP contribution in [0.15, 0.2) is 80.8 Å². The van der Waals surface area contributed by atoms with Gasteiger partial charge in [-0.05, 0) is 79.2 Å². The van der Waals surface area contributed by atoms with Crippen LogP contribution in [-0.2, 0) is 13.2 Å². The molecule has 0 saturated heterocycles. The Labute approximate surface area is 214 Å². The summed E-state index contributed by atoms with van der Waals surface area (Å²) in [5, 5.41) is 2.95. The number of aromatic amines is 1. The lowest BCUT2D eigenvalue weighted by molar-refractivity contribution is 0.0951. The number of nitrogens with zero attached hydrogens (tertiary/aromatic N) is 2. The van der Waals surface area contributed by atoms with E-state index in [9.17, 15) is 14.4 Å². The lowest BCUT2D eigenvalue weighted by Gasteiger charge is -2.13.